The van der Waals surface area contributed by atoms with Crippen LogP contribution in [0.5, 0.6) is 0 Å². The van der Waals surface area contributed by atoms with Gasteiger partial charge in [0.1, 0.15) is 11.3 Å². The van der Waals surface area contributed by atoms with Crippen LogP contribution in [0.3, 0.4) is 0 Å². The molecule has 1 unspecified atom stereocenters. The largest absolute Gasteiger partial charge is 0.479 e. The molecule has 0 spiro atoms. The summed E-state index contributed by atoms with van der Waals surface area (Å²) >= 11 is 0. The predicted octanol–water partition coefficient (Wildman–Crippen LogP) is 0.568. The Bertz CT molecular complexity index is 709. The van der Waals surface area contributed by atoms with Gasteiger partial charge in [-0.1, -0.05) is 6.07 Å². The summed E-state index contributed by atoms with van der Waals surface area (Å²) < 4.78 is 6.95. The molecule has 7 nitrogen and oxygen atoms in total. The van der Waals surface area contributed by atoms with Gasteiger partial charge >= 0.3 is 5.97 Å². The van der Waals surface area contributed by atoms with E-state index in [1.807, 2.05) is 29.5 Å². The Labute approximate surface area is 120 Å². The van der Waals surface area contributed by atoms with E-state index in [0.29, 0.717) is 17.9 Å². The van der Waals surface area contributed by atoms with Crippen LogP contribution in [0.25, 0.3) is 5.65 Å². The number of hydrogen-bond donors (Lipinski definition) is 1. The van der Waals surface area contributed by atoms with Crippen molar-refractivity contribution in [2.75, 3.05) is 19.7 Å². The predicted molar refractivity (Wildman–Crippen MR) is 73.2 cm³/mol. The number of aryl methyl sites for hydroxylation is 1. The van der Waals surface area contributed by atoms with E-state index < -0.39 is 12.1 Å². The minimum absolute atomic E-state index is 0.0427. The number of pyridine rings is 1. The number of nitrogens with zero attached hydrogens (tertiary/aromatic N) is 3. The number of morpholine rings is 1. The number of ether oxygens (including phenoxy) is 1. The van der Waals surface area contributed by atoms with E-state index in [9.17, 15) is 9.59 Å². The highest BCUT2D eigenvalue weighted by atomic mass is 16.5. The zero-order valence-electron chi connectivity index (χ0n) is 11.5. The highest BCUT2D eigenvalue weighted by molar-refractivity contribution is 5.93. The Hall–Kier alpha value is -2.41. The van der Waals surface area contributed by atoms with Crippen LogP contribution in [0, 0.1) is 6.92 Å². The Morgan fingerprint density at radius 3 is 2.95 bits per heavy atom. The molecular formula is C14H15N3O4. The molecule has 3 rings (SSSR count). The Kier molecular flexibility index (Phi) is 3.34. The molecule has 21 heavy (non-hydrogen) atoms. The van der Waals surface area contributed by atoms with Crippen molar-refractivity contribution in [3.63, 3.8) is 0 Å². The quantitative estimate of drug-likeness (QED) is 0.873. The molecule has 0 bridgehead atoms. The van der Waals surface area contributed by atoms with Crippen molar-refractivity contribution < 1.29 is 19.4 Å². The summed E-state index contributed by atoms with van der Waals surface area (Å²) in [6.07, 6.45) is 0.708. The lowest BCUT2D eigenvalue weighted by Crippen LogP contribution is -2.48. The number of carboxylic acid groups (broad SMARTS) is 1. The van der Waals surface area contributed by atoms with Gasteiger partial charge in [0.15, 0.2) is 6.10 Å². The van der Waals surface area contributed by atoms with Gasteiger partial charge in [-0.15, -0.1) is 0 Å². The van der Waals surface area contributed by atoms with E-state index in [-0.39, 0.29) is 19.1 Å². The van der Waals surface area contributed by atoms with Crippen molar-refractivity contribution >= 4 is 17.5 Å². The van der Waals surface area contributed by atoms with Crippen LogP contribution in [-0.2, 0) is 9.53 Å². The second-order valence-corrected chi connectivity index (χ2v) is 4.97. The lowest BCUT2D eigenvalue weighted by molar-refractivity contribution is -0.154. The first-order chi connectivity index (χ1) is 10.1. The maximum Gasteiger partial charge on any atom is 0.334 e. The molecule has 7 heteroatoms. The molecule has 0 aliphatic carbocycles. The Morgan fingerprint density at radius 2 is 2.24 bits per heavy atom. The summed E-state index contributed by atoms with van der Waals surface area (Å²) in [7, 11) is 0. The van der Waals surface area contributed by atoms with Gasteiger partial charge in [-0.3, -0.25) is 4.79 Å². The minimum atomic E-state index is -1.06. The normalized spacial score (nSPS) is 18.9. The zero-order valence-corrected chi connectivity index (χ0v) is 11.5. The van der Waals surface area contributed by atoms with Crippen molar-refractivity contribution in [3.8, 4) is 0 Å². The second-order valence-electron chi connectivity index (χ2n) is 4.97. The number of hydrogen-bond acceptors (Lipinski definition) is 4. The Balaban J connectivity index is 1.86. The number of carbonyl (C=O) groups is 2. The van der Waals surface area contributed by atoms with Gasteiger partial charge in [0.05, 0.1) is 13.2 Å². The molecule has 1 aliphatic rings. The van der Waals surface area contributed by atoms with Gasteiger partial charge in [0.2, 0.25) is 0 Å². The molecule has 2 aromatic heterocycles. The molecule has 1 fully saturated rings. The summed E-state index contributed by atoms with van der Waals surface area (Å²) in [5.41, 5.74) is 1.99. The number of carboxylic acids is 1. The average molecular weight is 289 g/mol. The number of carbonyl (C=O) groups excluding carboxylic acids is 1. The molecule has 2 aromatic rings. The minimum Gasteiger partial charge on any atom is -0.479 e. The fourth-order valence-electron chi connectivity index (χ4n) is 2.40. The highest BCUT2D eigenvalue weighted by Gasteiger charge is 2.30. The summed E-state index contributed by atoms with van der Waals surface area (Å²) in [4.78, 5) is 29.2. The van der Waals surface area contributed by atoms with Crippen molar-refractivity contribution in [1.82, 2.24) is 14.3 Å². The molecule has 1 amide bonds. The van der Waals surface area contributed by atoms with Gasteiger partial charge in [-0.05, 0) is 19.1 Å². The lowest BCUT2D eigenvalue weighted by Gasteiger charge is -2.30. The lowest BCUT2D eigenvalue weighted by atomic mass is 10.2. The van der Waals surface area contributed by atoms with Crippen molar-refractivity contribution in [3.05, 3.63) is 35.8 Å². The summed E-state index contributed by atoms with van der Waals surface area (Å²) in [5.74, 6) is -1.33. The SMILES string of the molecule is Cc1cccc2nc(C(=O)N3CCOC(C(=O)O)C3)cn12. The molecule has 110 valence electrons. The standard InChI is InChI=1S/C14H15N3O4/c1-9-3-2-4-12-15-10(7-17(9)12)13(18)16-5-6-21-11(8-16)14(19)20/h2-4,7,11H,5-6,8H2,1H3,(H,19,20). The van der Waals surface area contributed by atoms with Crippen LogP contribution in [0.2, 0.25) is 0 Å². The summed E-state index contributed by atoms with van der Waals surface area (Å²) in [6.45, 7) is 2.56. The third kappa shape index (κ3) is 2.47. The molecule has 1 saturated heterocycles. The fraction of sp³-hybridized carbons (Fsp3) is 0.357. The van der Waals surface area contributed by atoms with Crippen molar-refractivity contribution in [1.29, 1.82) is 0 Å². The van der Waals surface area contributed by atoms with Crippen LogP contribution in [-0.4, -0.2) is 57.1 Å². The maximum atomic E-state index is 12.5. The van der Waals surface area contributed by atoms with Crippen molar-refractivity contribution in [2.24, 2.45) is 0 Å². The molecule has 1 atom stereocenters. The molecular weight excluding hydrogens is 274 g/mol. The van der Waals surface area contributed by atoms with E-state index in [1.54, 1.807) is 6.20 Å². The molecule has 1 N–H and O–H groups in total. The first-order valence-corrected chi connectivity index (χ1v) is 6.64. The number of imidazole rings is 1. The third-order valence-corrected chi connectivity index (χ3v) is 3.54. The summed E-state index contributed by atoms with van der Waals surface area (Å²) in [5, 5.41) is 8.98. The molecule has 3 heterocycles. The number of rotatable bonds is 2. The highest BCUT2D eigenvalue weighted by Crippen LogP contribution is 2.13. The first kappa shape index (κ1) is 13.6. The topological polar surface area (TPSA) is 84.1 Å². The molecule has 1 aliphatic heterocycles. The smallest absolute Gasteiger partial charge is 0.334 e. The number of amides is 1. The van der Waals surface area contributed by atoms with Gasteiger partial charge < -0.3 is 19.1 Å². The molecule has 0 aromatic carbocycles. The van der Waals surface area contributed by atoms with Crippen molar-refractivity contribution in [2.45, 2.75) is 13.0 Å². The van der Waals surface area contributed by atoms with E-state index in [0.717, 1.165) is 5.69 Å². The van der Waals surface area contributed by atoms with E-state index >= 15 is 0 Å². The average Bonchev–Trinajstić information content (AvgIpc) is 2.92. The molecule has 0 radical (unpaired) electrons. The van der Waals surface area contributed by atoms with Gasteiger partial charge in [0.25, 0.3) is 5.91 Å². The second kappa shape index (κ2) is 5.17. The number of aliphatic carboxylic acids is 1. The molecule has 0 saturated carbocycles. The van der Waals surface area contributed by atoms with Crippen LogP contribution >= 0.6 is 0 Å². The van der Waals surface area contributed by atoms with Crippen LogP contribution < -0.4 is 0 Å². The van der Waals surface area contributed by atoms with E-state index in [2.05, 4.69) is 4.98 Å². The number of fused-ring (bicyclic) bond motifs is 1. The van der Waals surface area contributed by atoms with Crippen LogP contribution in [0.4, 0.5) is 0 Å². The monoisotopic (exact) mass is 289 g/mol. The first-order valence-electron chi connectivity index (χ1n) is 6.64. The zero-order chi connectivity index (χ0) is 15.0. The van der Waals surface area contributed by atoms with Gasteiger partial charge in [-0.2, -0.15) is 0 Å². The Morgan fingerprint density at radius 1 is 1.43 bits per heavy atom. The fourth-order valence-corrected chi connectivity index (χ4v) is 2.40. The number of aromatic nitrogens is 2. The van der Waals surface area contributed by atoms with Crippen LogP contribution in [0.15, 0.2) is 24.4 Å². The van der Waals surface area contributed by atoms with Gasteiger partial charge in [0, 0.05) is 18.4 Å². The van der Waals surface area contributed by atoms with E-state index in [1.165, 1.54) is 4.90 Å². The third-order valence-electron chi connectivity index (χ3n) is 3.54. The van der Waals surface area contributed by atoms with Gasteiger partial charge in [-0.25, -0.2) is 9.78 Å². The summed E-state index contributed by atoms with van der Waals surface area (Å²) in [6, 6.07) is 5.63. The maximum absolute atomic E-state index is 12.5. The van der Waals surface area contributed by atoms with E-state index in [4.69, 9.17) is 9.84 Å². The van der Waals surface area contributed by atoms with Crippen LogP contribution in [0.1, 0.15) is 16.2 Å².